The van der Waals surface area contributed by atoms with Gasteiger partial charge < -0.3 is 10.1 Å². The van der Waals surface area contributed by atoms with Gasteiger partial charge in [-0.1, -0.05) is 18.2 Å². The molecule has 8 heteroatoms. The van der Waals surface area contributed by atoms with Crippen molar-refractivity contribution >= 4 is 28.6 Å². The number of imidazole rings is 1. The van der Waals surface area contributed by atoms with Crippen molar-refractivity contribution in [3.8, 4) is 6.07 Å². The van der Waals surface area contributed by atoms with Crippen molar-refractivity contribution in [3.05, 3.63) is 64.6 Å². The van der Waals surface area contributed by atoms with Crippen molar-refractivity contribution in [2.75, 3.05) is 11.9 Å². The van der Waals surface area contributed by atoms with Crippen LogP contribution in [0.4, 0.5) is 5.69 Å². The molecule has 2 aromatic carbocycles. The molecular weight excluding hydrogens is 372 g/mol. The molecule has 3 aromatic rings. The molecule has 1 heterocycles. The summed E-state index contributed by atoms with van der Waals surface area (Å²) in [6, 6.07) is 15.8. The molecule has 0 atom stereocenters. The highest BCUT2D eigenvalue weighted by molar-refractivity contribution is 5.92. The highest BCUT2D eigenvalue weighted by Gasteiger charge is 2.14. The maximum Gasteiger partial charge on any atom is 0.329 e. The first-order chi connectivity index (χ1) is 14.0. The minimum absolute atomic E-state index is 0.0329. The lowest BCUT2D eigenvalue weighted by molar-refractivity contribution is -0.147. The van der Waals surface area contributed by atoms with Gasteiger partial charge in [0.2, 0.25) is 0 Å². The molecule has 8 nitrogen and oxygen atoms in total. The van der Waals surface area contributed by atoms with E-state index in [-0.39, 0.29) is 18.7 Å². The SMILES string of the molecule is CCn1c(=O)n(CCC(=O)OCC(=O)Nc2cccc(C#N)c2)c2ccccc21. The topological polar surface area (TPSA) is 106 Å². The Bertz CT molecular complexity index is 1150. The number of nitrogens with one attached hydrogen (secondary N) is 1. The van der Waals surface area contributed by atoms with E-state index in [9.17, 15) is 14.4 Å². The molecule has 1 N–H and O–H groups in total. The molecule has 1 amide bonds. The van der Waals surface area contributed by atoms with Crippen LogP contribution < -0.4 is 11.0 Å². The second-order valence-electron chi connectivity index (χ2n) is 6.32. The Balaban J connectivity index is 1.56. The molecule has 0 unspecified atom stereocenters. The van der Waals surface area contributed by atoms with Crippen molar-refractivity contribution in [1.82, 2.24) is 9.13 Å². The number of carbonyl (C=O) groups is 2. The van der Waals surface area contributed by atoms with E-state index in [1.807, 2.05) is 37.3 Å². The van der Waals surface area contributed by atoms with Crippen molar-refractivity contribution < 1.29 is 14.3 Å². The number of esters is 1. The zero-order valence-corrected chi connectivity index (χ0v) is 15.9. The lowest BCUT2D eigenvalue weighted by Gasteiger charge is -2.07. The summed E-state index contributed by atoms with van der Waals surface area (Å²) in [6.07, 6.45) is -0.0329. The van der Waals surface area contributed by atoms with E-state index in [0.29, 0.717) is 17.8 Å². The summed E-state index contributed by atoms with van der Waals surface area (Å²) in [5, 5.41) is 11.4. The Morgan fingerprint density at radius 1 is 1.10 bits per heavy atom. The number of carbonyl (C=O) groups excluding carboxylic acids is 2. The zero-order chi connectivity index (χ0) is 20.8. The Kier molecular flexibility index (Phi) is 6.09. The first kappa shape index (κ1) is 19.9. The van der Waals surface area contributed by atoms with Crippen LogP contribution in [0.15, 0.2) is 53.3 Å². The van der Waals surface area contributed by atoms with E-state index in [4.69, 9.17) is 10.00 Å². The van der Waals surface area contributed by atoms with Crippen LogP contribution in [-0.4, -0.2) is 27.6 Å². The lowest BCUT2D eigenvalue weighted by Crippen LogP contribution is -2.26. The van der Waals surface area contributed by atoms with Crippen molar-refractivity contribution in [3.63, 3.8) is 0 Å². The molecule has 0 fully saturated rings. The number of fused-ring (bicyclic) bond motifs is 1. The molecule has 0 saturated carbocycles. The maximum absolute atomic E-state index is 12.5. The number of ether oxygens (including phenoxy) is 1. The predicted molar refractivity (Wildman–Crippen MR) is 107 cm³/mol. The van der Waals surface area contributed by atoms with Crippen LogP contribution in [0.3, 0.4) is 0 Å². The number of anilines is 1. The average molecular weight is 392 g/mol. The summed E-state index contributed by atoms with van der Waals surface area (Å²) in [4.78, 5) is 36.5. The maximum atomic E-state index is 12.5. The number of benzene rings is 2. The molecular formula is C21H20N4O4. The molecule has 0 aliphatic heterocycles. The Morgan fingerprint density at radius 3 is 2.52 bits per heavy atom. The van der Waals surface area contributed by atoms with Crippen LogP contribution in [-0.2, 0) is 27.4 Å². The van der Waals surface area contributed by atoms with Gasteiger partial charge >= 0.3 is 11.7 Å². The molecule has 0 aliphatic rings. The number of aryl methyl sites for hydroxylation is 2. The van der Waals surface area contributed by atoms with Gasteiger partial charge in [0.05, 0.1) is 29.1 Å². The molecule has 1 aromatic heterocycles. The van der Waals surface area contributed by atoms with Crippen LogP contribution in [0.5, 0.6) is 0 Å². The van der Waals surface area contributed by atoms with E-state index >= 15 is 0 Å². The summed E-state index contributed by atoms with van der Waals surface area (Å²) < 4.78 is 8.18. The fraction of sp³-hybridized carbons (Fsp3) is 0.238. The van der Waals surface area contributed by atoms with Gasteiger partial charge in [-0.15, -0.1) is 0 Å². The zero-order valence-electron chi connectivity index (χ0n) is 15.9. The number of amides is 1. The minimum Gasteiger partial charge on any atom is -0.456 e. The molecule has 0 spiro atoms. The highest BCUT2D eigenvalue weighted by atomic mass is 16.5. The van der Waals surface area contributed by atoms with Crippen LogP contribution >= 0.6 is 0 Å². The van der Waals surface area contributed by atoms with E-state index in [2.05, 4.69) is 5.32 Å². The van der Waals surface area contributed by atoms with Gasteiger partial charge in [-0.3, -0.25) is 18.7 Å². The number of hydrogen-bond acceptors (Lipinski definition) is 5. The van der Waals surface area contributed by atoms with Gasteiger partial charge in [0.1, 0.15) is 0 Å². The quantitative estimate of drug-likeness (QED) is 0.621. The Morgan fingerprint density at radius 2 is 1.83 bits per heavy atom. The number of aromatic nitrogens is 2. The molecule has 3 rings (SSSR count). The highest BCUT2D eigenvalue weighted by Crippen LogP contribution is 2.13. The van der Waals surface area contributed by atoms with E-state index < -0.39 is 18.5 Å². The number of hydrogen-bond donors (Lipinski definition) is 1. The molecule has 0 radical (unpaired) electrons. The van der Waals surface area contributed by atoms with Crippen LogP contribution in [0.1, 0.15) is 18.9 Å². The van der Waals surface area contributed by atoms with Gasteiger partial charge in [0, 0.05) is 18.8 Å². The lowest BCUT2D eigenvalue weighted by atomic mass is 10.2. The fourth-order valence-corrected chi connectivity index (χ4v) is 3.08. The summed E-state index contributed by atoms with van der Waals surface area (Å²) >= 11 is 0. The Hall–Kier alpha value is -3.86. The summed E-state index contributed by atoms with van der Waals surface area (Å²) in [7, 11) is 0. The van der Waals surface area contributed by atoms with Crippen molar-refractivity contribution in [2.45, 2.75) is 26.4 Å². The number of para-hydroxylation sites is 2. The monoisotopic (exact) mass is 392 g/mol. The van der Waals surface area contributed by atoms with Gasteiger partial charge in [0.15, 0.2) is 6.61 Å². The first-order valence-electron chi connectivity index (χ1n) is 9.17. The summed E-state index contributed by atoms with van der Waals surface area (Å²) in [5.41, 5.74) is 2.24. The average Bonchev–Trinajstić information content (AvgIpc) is 3.01. The van der Waals surface area contributed by atoms with Crippen LogP contribution in [0.2, 0.25) is 0 Å². The van der Waals surface area contributed by atoms with Crippen molar-refractivity contribution in [1.29, 1.82) is 5.26 Å². The normalized spacial score (nSPS) is 10.5. The van der Waals surface area contributed by atoms with Crippen LogP contribution in [0.25, 0.3) is 11.0 Å². The number of nitriles is 1. The third kappa shape index (κ3) is 4.52. The summed E-state index contributed by atoms with van der Waals surface area (Å²) in [5.74, 6) is -1.08. The van der Waals surface area contributed by atoms with E-state index in [1.54, 1.807) is 22.8 Å². The second kappa shape index (κ2) is 8.89. The fourth-order valence-electron chi connectivity index (χ4n) is 3.08. The Labute approximate surface area is 166 Å². The third-order valence-corrected chi connectivity index (χ3v) is 4.42. The van der Waals surface area contributed by atoms with Crippen molar-refractivity contribution in [2.24, 2.45) is 0 Å². The molecule has 0 saturated heterocycles. The first-order valence-corrected chi connectivity index (χ1v) is 9.17. The van der Waals surface area contributed by atoms with E-state index in [0.717, 1.165) is 11.0 Å². The molecule has 0 aliphatic carbocycles. The van der Waals surface area contributed by atoms with Gasteiger partial charge in [-0.25, -0.2) is 4.79 Å². The summed E-state index contributed by atoms with van der Waals surface area (Å²) in [6.45, 7) is 2.14. The van der Waals surface area contributed by atoms with Gasteiger partial charge in [0.25, 0.3) is 5.91 Å². The smallest absolute Gasteiger partial charge is 0.329 e. The predicted octanol–water partition coefficient (Wildman–Crippen LogP) is 2.27. The standard InChI is InChI=1S/C21H20N4O4/c1-2-24-17-8-3-4-9-18(17)25(21(24)28)11-10-20(27)29-14-19(26)23-16-7-5-6-15(12-16)13-22/h3-9,12H,2,10-11,14H2,1H3,(H,23,26). The second-order valence-corrected chi connectivity index (χ2v) is 6.32. The number of rotatable bonds is 7. The molecule has 0 bridgehead atoms. The van der Waals surface area contributed by atoms with E-state index in [1.165, 1.54) is 10.6 Å². The molecule has 29 heavy (non-hydrogen) atoms. The number of nitrogens with zero attached hydrogens (tertiary/aromatic N) is 3. The largest absolute Gasteiger partial charge is 0.456 e. The van der Waals surface area contributed by atoms with Gasteiger partial charge in [-0.05, 0) is 37.3 Å². The third-order valence-electron chi connectivity index (χ3n) is 4.42. The minimum atomic E-state index is -0.578. The van der Waals surface area contributed by atoms with Crippen LogP contribution in [0, 0.1) is 11.3 Å². The molecule has 148 valence electrons. The van der Waals surface area contributed by atoms with Gasteiger partial charge in [-0.2, -0.15) is 5.26 Å².